The zero-order valence-electron chi connectivity index (χ0n) is 12.1. The first-order valence-corrected chi connectivity index (χ1v) is 7.71. The lowest BCUT2D eigenvalue weighted by Gasteiger charge is -2.20. The lowest BCUT2D eigenvalue weighted by atomic mass is 10.0. The second kappa shape index (κ2) is 9.34. The molecule has 5 heteroatoms. The van der Waals surface area contributed by atoms with Gasteiger partial charge in [0.25, 0.3) is 0 Å². The summed E-state index contributed by atoms with van der Waals surface area (Å²) in [5, 5.41) is 22.3. The van der Waals surface area contributed by atoms with E-state index in [1.807, 2.05) is 24.3 Å². The molecule has 0 saturated carbocycles. The van der Waals surface area contributed by atoms with Crippen LogP contribution in [0.4, 0.5) is 0 Å². The number of halogens is 1. The summed E-state index contributed by atoms with van der Waals surface area (Å²) >= 11 is 3.36. The summed E-state index contributed by atoms with van der Waals surface area (Å²) < 4.78 is 6.49. The second-order valence-electron chi connectivity index (χ2n) is 5.34. The summed E-state index contributed by atoms with van der Waals surface area (Å²) in [6, 6.07) is 7.51. The minimum absolute atomic E-state index is 0.0253. The molecule has 1 aromatic rings. The average Bonchev–Trinajstić information content (AvgIpc) is 2.42. The van der Waals surface area contributed by atoms with Crippen molar-refractivity contribution in [1.29, 1.82) is 0 Å². The Morgan fingerprint density at radius 1 is 1.25 bits per heavy atom. The van der Waals surface area contributed by atoms with Crippen LogP contribution in [0.5, 0.6) is 5.75 Å². The van der Waals surface area contributed by atoms with Gasteiger partial charge >= 0.3 is 0 Å². The molecule has 0 aliphatic rings. The number of rotatable bonds is 9. The standard InChI is InChI=1S/C15H24BrNO3/c1-11(2)7-13(9-18)17-8-14(19)10-20-15-5-3-12(16)4-6-15/h3-6,11,13-14,17-19H,7-10H2,1-2H3. The maximum atomic E-state index is 9.87. The smallest absolute Gasteiger partial charge is 0.119 e. The quantitative estimate of drug-likeness (QED) is 0.642. The van der Waals surface area contributed by atoms with Gasteiger partial charge in [0.1, 0.15) is 18.5 Å². The van der Waals surface area contributed by atoms with Crippen molar-refractivity contribution in [2.75, 3.05) is 19.8 Å². The summed E-state index contributed by atoms with van der Waals surface area (Å²) in [7, 11) is 0. The Morgan fingerprint density at radius 2 is 1.90 bits per heavy atom. The van der Waals surface area contributed by atoms with Gasteiger partial charge in [0.2, 0.25) is 0 Å². The van der Waals surface area contributed by atoms with Gasteiger partial charge in [-0.3, -0.25) is 0 Å². The van der Waals surface area contributed by atoms with E-state index < -0.39 is 6.10 Å². The van der Waals surface area contributed by atoms with E-state index in [9.17, 15) is 10.2 Å². The lowest BCUT2D eigenvalue weighted by Crippen LogP contribution is -2.40. The van der Waals surface area contributed by atoms with Crippen LogP contribution in [-0.2, 0) is 0 Å². The fourth-order valence-electron chi connectivity index (χ4n) is 1.88. The molecule has 0 bridgehead atoms. The number of ether oxygens (including phenoxy) is 1. The Balaban J connectivity index is 2.25. The molecule has 114 valence electrons. The van der Waals surface area contributed by atoms with Crippen molar-refractivity contribution in [3.05, 3.63) is 28.7 Å². The van der Waals surface area contributed by atoms with Gasteiger partial charge in [-0.15, -0.1) is 0 Å². The van der Waals surface area contributed by atoms with Gasteiger partial charge in [-0.25, -0.2) is 0 Å². The highest BCUT2D eigenvalue weighted by Gasteiger charge is 2.12. The molecule has 1 aromatic carbocycles. The van der Waals surface area contributed by atoms with Crippen LogP contribution in [0.2, 0.25) is 0 Å². The van der Waals surface area contributed by atoms with Crippen molar-refractivity contribution in [2.45, 2.75) is 32.4 Å². The predicted molar refractivity (Wildman–Crippen MR) is 84.0 cm³/mol. The van der Waals surface area contributed by atoms with Crippen molar-refractivity contribution >= 4 is 15.9 Å². The third kappa shape index (κ3) is 7.24. The van der Waals surface area contributed by atoms with E-state index in [1.54, 1.807) is 0 Å². The zero-order valence-corrected chi connectivity index (χ0v) is 13.6. The van der Waals surface area contributed by atoms with Gasteiger partial charge in [0.15, 0.2) is 0 Å². The monoisotopic (exact) mass is 345 g/mol. The molecule has 0 radical (unpaired) electrons. The Bertz CT molecular complexity index is 370. The molecule has 0 saturated heterocycles. The highest BCUT2D eigenvalue weighted by atomic mass is 79.9. The molecule has 0 heterocycles. The summed E-state index contributed by atoms with van der Waals surface area (Å²) in [6.07, 6.45) is 0.288. The molecule has 0 spiro atoms. The summed E-state index contributed by atoms with van der Waals surface area (Å²) in [5.41, 5.74) is 0. The van der Waals surface area contributed by atoms with Crippen LogP contribution in [0.1, 0.15) is 20.3 Å². The second-order valence-corrected chi connectivity index (χ2v) is 6.25. The highest BCUT2D eigenvalue weighted by molar-refractivity contribution is 9.10. The SMILES string of the molecule is CC(C)CC(CO)NCC(O)COc1ccc(Br)cc1. The molecule has 0 fully saturated rings. The van der Waals surface area contributed by atoms with Gasteiger partial charge < -0.3 is 20.3 Å². The van der Waals surface area contributed by atoms with Crippen molar-refractivity contribution in [1.82, 2.24) is 5.32 Å². The largest absolute Gasteiger partial charge is 0.491 e. The Hall–Kier alpha value is -0.620. The van der Waals surface area contributed by atoms with E-state index in [0.717, 1.165) is 16.6 Å². The first-order valence-electron chi connectivity index (χ1n) is 6.92. The van der Waals surface area contributed by atoms with Crippen molar-refractivity contribution in [3.63, 3.8) is 0 Å². The number of benzene rings is 1. The van der Waals surface area contributed by atoms with Gasteiger partial charge in [-0.2, -0.15) is 0 Å². The number of nitrogens with one attached hydrogen (secondary N) is 1. The van der Waals surface area contributed by atoms with Crippen LogP contribution in [0, 0.1) is 5.92 Å². The van der Waals surface area contributed by atoms with E-state index in [1.165, 1.54) is 0 Å². The van der Waals surface area contributed by atoms with Gasteiger partial charge in [0.05, 0.1) is 6.61 Å². The minimum Gasteiger partial charge on any atom is -0.491 e. The Labute approximate surface area is 129 Å². The molecule has 20 heavy (non-hydrogen) atoms. The van der Waals surface area contributed by atoms with Crippen LogP contribution >= 0.6 is 15.9 Å². The molecular formula is C15H24BrNO3. The van der Waals surface area contributed by atoms with Crippen LogP contribution in [0.15, 0.2) is 28.7 Å². The molecule has 2 unspecified atom stereocenters. The number of aliphatic hydroxyl groups excluding tert-OH is 2. The topological polar surface area (TPSA) is 61.7 Å². The lowest BCUT2D eigenvalue weighted by molar-refractivity contribution is 0.0981. The molecule has 0 aromatic heterocycles. The van der Waals surface area contributed by atoms with Crippen LogP contribution in [0.3, 0.4) is 0 Å². The van der Waals surface area contributed by atoms with Gasteiger partial charge in [-0.05, 0) is 36.6 Å². The fourth-order valence-corrected chi connectivity index (χ4v) is 2.14. The van der Waals surface area contributed by atoms with Crippen molar-refractivity contribution in [3.8, 4) is 5.75 Å². The fraction of sp³-hybridized carbons (Fsp3) is 0.600. The molecule has 1 rings (SSSR count). The third-order valence-electron chi connectivity index (χ3n) is 2.87. The first-order chi connectivity index (χ1) is 9.51. The molecule has 0 aliphatic carbocycles. The zero-order chi connectivity index (χ0) is 15.0. The van der Waals surface area contributed by atoms with E-state index in [0.29, 0.717) is 12.5 Å². The number of hydrogen-bond acceptors (Lipinski definition) is 4. The van der Waals surface area contributed by atoms with E-state index in [2.05, 4.69) is 35.1 Å². The molecule has 3 N–H and O–H groups in total. The normalized spacial score (nSPS) is 14.3. The summed E-state index contributed by atoms with van der Waals surface area (Å²) in [4.78, 5) is 0. The van der Waals surface area contributed by atoms with Crippen molar-refractivity contribution < 1.29 is 14.9 Å². The number of hydrogen-bond donors (Lipinski definition) is 3. The average molecular weight is 346 g/mol. The molecule has 4 nitrogen and oxygen atoms in total. The summed E-state index contributed by atoms with van der Waals surface area (Å²) in [5.74, 6) is 1.24. The van der Waals surface area contributed by atoms with E-state index >= 15 is 0 Å². The number of aliphatic hydroxyl groups is 2. The minimum atomic E-state index is -0.597. The maximum absolute atomic E-state index is 9.87. The van der Waals surface area contributed by atoms with Crippen LogP contribution < -0.4 is 10.1 Å². The predicted octanol–water partition coefficient (Wildman–Crippen LogP) is 2.19. The Morgan fingerprint density at radius 3 is 2.45 bits per heavy atom. The highest BCUT2D eigenvalue weighted by Crippen LogP contribution is 2.16. The summed E-state index contributed by atoms with van der Waals surface area (Å²) in [6.45, 7) is 4.94. The van der Waals surface area contributed by atoms with Gasteiger partial charge in [-0.1, -0.05) is 29.8 Å². The molecule has 2 atom stereocenters. The van der Waals surface area contributed by atoms with Crippen LogP contribution in [-0.4, -0.2) is 42.1 Å². The maximum Gasteiger partial charge on any atom is 0.119 e. The molecular weight excluding hydrogens is 322 g/mol. The van der Waals surface area contributed by atoms with E-state index in [4.69, 9.17) is 4.74 Å². The molecule has 0 aliphatic heterocycles. The molecule has 0 amide bonds. The van der Waals surface area contributed by atoms with Crippen LogP contribution in [0.25, 0.3) is 0 Å². The van der Waals surface area contributed by atoms with E-state index in [-0.39, 0.29) is 19.3 Å². The Kier molecular flexibility index (Phi) is 8.14. The van der Waals surface area contributed by atoms with Gasteiger partial charge in [0, 0.05) is 17.1 Å². The first kappa shape index (κ1) is 17.4. The van der Waals surface area contributed by atoms with Crippen molar-refractivity contribution in [2.24, 2.45) is 5.92 Å². The third-order valence-corrected chi connectivity index (χ3v) is 3.40.